The Morgan fingerprint density at radius 3 is 2.75 bits per heavy atom. The molecule has 0 fully saturated rings. The van der Waals surface area contributed by atoms with Crippen molar-refractivity contribution in [2.45, 2.75) is 32.6 Å². The fourth-order valence-electron chi connectivity index (χ4n) is 1.78. The van der Waals surface area contributed by atoms with Crippen LogP contribution in [0.2, 0.25) is 0 Å². The van der Waals surface area contributed by atoms with Gasteiger partial charge in [0, 0.05) is 12.5 Å². The minimum Gasteiger partial charge on any atom is -0.504 e. The summed E-state index contributed by atoms with van der Waals surface area (Å²) in [5.41, 5.74) is 0.742. The van der Waals surface area contributed by atoms with E-state index < -0.39 is 0 Å². The Morgan fingerprint density at radius 1 is 1.15 bits per heavy atom. The molecule has 2 rings (SSSR count). The lowest BCUT2D eigenvalue weighted by Crippen LogP contribution is -1.87. The molecule has 0 radical (unpaired) electrons. The second kappa shape index (κ2) is 6.75. The second-order valence-electron chi connectivity index (χ2n) is 4.59. The highest BCUT2D eigenvalue weighted by Crippen LogP contribution is 2.25. The lowest BCUT2D eigenvalue weighted by molar-refractivity contribution is 0.402. The first-order chi connectivity index (χ1) is 9.69. The smallest absolute Gasteiger partial charge is 0.250 e. The predicted octanol–water partition coefficient (Wildman–Crippen LogP) is 3.38. The van der Waals surface area contributed by atoms with Crippen molar-refractivity contribution in [1.29, 1.82) is 0 Å². The van der Waals surface area contributed by atoms with E-state index in [1.807, 2.05) is 0 Å². The number of nitrogens with zero attached hydrogens (tertiary/aromatic N) is 2. The third kappa shape index (κ3) is 3.85. The summed E-state index contributed by atoms with van der Waals surface area (Å²) in [6.07, 6.45) is 7.63. The Balaban J connectivity index is 1.98. The molecule has 1 aromatic heterocycles. The van der Waals surface area contributed by atoms with E-state index in [-0.39, 0.29) is 11.5 Å². The third-order valence-corrected chi connectivity index (χ3v) is 2.91. The standard InChI is InChI=1S/C15H18N2O3/c1-2-3-4-5-14-16-15(20-17-14)9-7-11-6-8-12(18)13(19)10-11/h6-10,18-19H,2-5H2,1H3/b9-7+. The second-order valence-corrected chi connectivity index (χ2v) is 4.59. The maximum atomic E-state index is 9.39. The van der Waals surface area contributed by atoms with Crippen LogP contribution in [-0.4, -0.2) is 20.4 Å². The molecule has 0 saturated carbocycles. The van der Waals surface area contributed by atoms with Crippen LogP contribution in [0.25, 0.3) is 12.2 Å². The van der Waals surface area contributed by atoms with Crippen molar-refractivity contribution in [2.24, 2.45) is 0 Å². The maximum Gasteiger partial charge on any atom is 0.250 e. The Labute approximate surface area is 117 Å². The van der Waals surface area contributed by atoms with Gasteiger partial charge in [-0.25, -0.2) is 0 Å². The number of hydrogen-bond acceptors (Lipinski definition) is 5. The number of unbranched alkanes of at least 4 members (excludes halogenated alkanes) is 2. The largest absolute Gasteiger partial charge is 0.504 e. The Kier molecular flexibility index (Phi) is 4.76. The minimum atomic E-state index is -0.155. The molecule has 2 aromatic rings. The molecule has 0 aliphatic rings. The molecular formula is C15H18N2O3. The van der Waals surface area contributed by atoms with E-state index in [0.717, 1.165) is 31.2 Å². The van der Waals surface area contributed by atoms with Crippen LogP contribution in [0.3, 0.4) is 0 Å². The molecular weight excluding hydrogens is 256 g/mol. The molecule has 0 atom stereocenters. The molecule has 0 unspecified atom stereocenters. The molecule has 0 amide bonds. The number of aryl methyl sites for hydroxylation is 1. The van der Waals surface area contributed by atoms with Crippen LogP contribution < -0.4 is 0 Å². The van der Waals surface area contributed by atoms with Crippen LogP contribution in [0.1, 0.15) is 43.5 Å². The van der Waals surface area contributed by atoms with Gasteiger partial charge in [0.15, 0.2) is 17.3 Å². The molecule has 0 aliphatic carbocycles. The highest BCUT2D eigenvalue weighted by atomic mass is 16.5. The van der Waals surface area contributed by atoms with E-state index in [2.05, 4.69) is 17.1 Å². The average molecular weight is 274 g/mol. The molecule has 20 heavy (non-hydrogen) atoms. The number of phenolic OH excluding ortho intramolecular Hbond substituents is 2. The van der Waals surface area contributed by atoms with Crippen molar-refractivity contribution in [3.63, 3.8) is 0 Å². The van der Waals surface area contributed by atoms with E-state index in [1.165, 1.54) is 12.1 Å². The van der Waals surface area contributed by atoms with E-state index >= 15 is 0 Å². The number of hydrogen-bond donors (Lipinski definition) is 2. The quantitative estimate of drug-likeness (QED) is 0.623. The molecule has 2 N–H and O–H groups in total. The zero-order chi connectivity index (χ0) is 14.4. The van der Waals surface area contributed by atoms with Gasteiger partial charge < -0.3 is 14.7 Å². The topological polar surface area (TPSA) is 79.4 Å². The van der Waals surface area contributed by atoms with Gasteiger partial charge in [0.05, 0.1) is 0 Å². The first-order valence-corrected chi connectivity index (χ1v) is 6.71. The van der Waals surface area contributed by atoms with Gasteiger partial charge in [0.2, 0.25) is 0 Å². The normalized spacial score (nSPS) is 11.2. The van der Waals surface area contributed by atoms with Gasteiger partial charge >= 0.3 is 0 Å². The van der Waals surface area contributed by atoms with E-state index in [1.54, 1.807) is 18.2 Å². The van der Waals surface area contributed by atoms with Gasteiger partial charge in [-0.15, -0.1) is 0 Å². The van der Waals surface area contributed by atoms with Crippen molar-refractivity contribution in [2.75, 3.05) is 0 Å². The summed E-state index contributed by atoms with van der Waals surface area (Å²) in [7, 11) is 0. The first kappa shape index (κ1) is 14.1. The number of aromatic hydroxyl groups is 2. The molecule has 0 bridgehead atoms. The van der Waals surface area contributed by atoms with E-state index in [9.17, 15) is 10.2 Å². The molecule has 1 aromatic carbocycles. The summed E-state index contributed by atoms with van der Waals surface area (Å²) in [6, 6.07) is 4.58. The number of aromatic nitrogens is 2. The lowest BCUT2D eigenvalue weighted by atomic mass is 10.2. The molecule has 0 saturated heterocycles. The van der Waals surface area contributed by atoms with Crippen molar-refractivity contribution >= 4 is 12.2 Å². The highest BCUT2D eigenvalue weighted by Gasteiger charge is 2.03. The maximum absolute atomic E-state index is 9.39. The zero-order valence-corrected chi connectivity index (χ0v) is 11.4. The molecule has 0 spiro atoms. The van der Waals surface area contributed by atoms with Gasteiger partial charge in [0.1, 0.15) is 0 Å². The van der Waals surface area contributed by atoms with Crippen LogP contribution in [0.4, 0.5) is 0 Å². The van der Waals surface area contributed by atoms with Gasteiger partial charge in [-0.1, -0.05) is 31.0 Å². The number of benzene rings is 1. The molecule has 1 heterocycles. The van der Waals surface area contributed by atoms with Crippen molar-refractivity contribution in [3.05, 3.63) is 35.5 Å². The van der Waals surface area contributed by atoms with Crippen LogP contribution in [0, 0.1) is 0 Å². The monoisotopic (exact) mass is 274 g/mol. The fraction of sp³-hybridized carbons (Fsp3) is 0.333. The Hall–Kier alpha value is -2.30. The van der Waals surface area contributed by atoms with Crippen LogP contribution >= 0.6 is 0 Å². The minimum absolute atomic E-state index is 0.141. The summed E-state index contributed by atoms with van der Waals surface area (Å²) in [5, 5.41) is 22.5. The summed E-state index contributed by atoms with van der Waals surface area (Å²) < 4.78 is 5.11. The van der Waals surface area contributed by atoms with Gasteiger partial charge in [-0.05, 0) is 30.2 Å². The Morgan fingerprint density at radius 2 is 2.00 bits per heavy atom. The van der Waals surface area contributed by atoms with Gasteiger partial charge in [-0.2, -0.15) is 4.98 Å². The summed E-state index contributed by atoms with van der Waals surface area (Å²) >= 11 is 0. The van der Waals surface area contributed by atoms with E-state index in [4.69, 9.17) is 4.52 Å². The highest BCUT2D eigenvalue weighted by molar-refractivity contribution is 5.67. The Bertz CT molecular complexity index is 591. The third-order valence-electron chi connectivity index (χ3n) is 2.91. The van der Waals surface area contributed by atoms with Crippen LogP contribution in [-0.2, 0) is 6.42 Å². The molecule has 106 valence electrons. The SMILES string of the molecule is CCCCCc1noc(/C=C/c2ccc(O)c(O)c2)n1. The first-order valence-electron chi connectivity index (χ1n) is 6.71. The van der Waals surface area contributed by atoms with E-state index in [0.29, 0.717) is 11.7 Å². The molecule has 5 nitrogen and oxygen atoms in total. The van der Waals surface area contributed by atoms with Crippen molar-refractivity contribution in [1.82, 2.24) is 10.1 Å². The predicted molar refractivity (Wildman–Crippen MR) is 76.2 cm³/mol. The van der Waals surface area contributed by atoms with Crippen molar-refractivity contribution in [3.8, 4) is 11.5 Å². The number of phenols is 2. The molecule has 5 heteroatoms. The summed E-state index contributed by atoms with van der Waals surface area (Å²) in [4.78, 5) is 4.26. The average Bonchev–Trinajstić information content (AvgIpc) is 2.88. The summed E-state index contributed by atoms with van der Waals surface area (Å²) in [6.45, 7) is 2.15. The summed E-state index contributed by atoms with van der Waals surface area (Å²) in [5.74, 6) is 0.854. The van der Waals surface area contributed by atoms with Crippen molar-refractivity contribution < 1.29 is 14.7 Å². The van der Waals surface area contributed by atoms with Gasteiger partial charge in [0.25, 0.3) is 5.89 Å². The fourth-order valence-corrected chi connectivity index (χ4v) is 1.78. The van der Waals surface area contributed by atoms with Crippen LogP contribution in [0.5, 0.6) is 11.5 Å². The number of rotatable bonds is 6. The zero-order valence-electron chi connectivity index (χ0n) is 11.4. The lowest BCUT2D eigenvalue weighted by Gasteiger charge is -1.97. The molecule has 0 aliphatic heterocycles. The van der Waals surface area contributed by atoms with Crippen LogP contribution in [0.15, 0.2) is 22.7 Å². The van der Waals surface area contributed by atoms with Gasteiger partial charge in [-0.3, -0.25) is 0 Å².